The van der Waals surface area contributed by atoms with Crippen molar-refractivity contribution in [3.8, 4) is 12.1 Å². The summed E-state index contributed by atoms with van der Waals surface area (Å²) in [4.78, 5) is 13.1. The van der Waals surface area contributed by atoms with Gasteiger partial charge in [-0.05, 0) is 42.5 Å². The Morgan fingerprint density at radius 2 is 1.81 bits per heavy atom. The number of hydrogen-bond acceptors (Lipinski definition) is 5. The Kier molecular flexibility index (Phi) is 4.61. The lowest BCUT2D eigenvalue weighted by Crippen LogP contribution is -2.01. The molecule has 0 amide bonds. The van der Waals surface area contributed by atoms with Crippen molar-refractivity contribution in [3.05, 3.63) is 59.2 Å². The molecule has 5 heteroatoms. The van der Waals surface area contributed by atoms with E-state index in [4.69, 9.17) is 5.26 Å². The third-order valence-corrected chi connectivity index (χ3v) is 3.82. The number of nitrogens with zero attached hydrogens (tertiary/aromatic N) is 2. The normalized spacial score (nSPS) is 9.48. The van der Waals surface area contributed by atoms with Crippen molar-refractivity contribution in [2.75, 3.05) is 7.11 Å². The van der Waals surface area contributed by atoms with E-state index < -0.39 is 5.97 Å². The maximum absolute atomic E-state index is 11.5. The maximum atomic E-state index is 11.5. The summed E-state index contributed by atoms with van der Waals surface area (Å²) >= 11 is 1.40. The van der Waals surface area contributed by atoms with Gasteiger partial charge < -0.3 is 4.74 Å². The van der Waals surface area contributed by atoms with Gasteiger partial charge in [0, 0.05) is 9.79 Å². The van der Waals surface area contributed by atoms with Gasteiger partial charge in [0.15, 0.2) is 0 Å². The highest BCUT2D eigenvalue weighted by Gasteiger charge is 2.10. The first-order chi connectivity index (χ1) is 10.2. The lowest BCUT2D eigenvalue weighted by molar-refractivity contribution is 0.0600. The molecule has 2 aromatic rings. The highest BCUT2D eigenvalue weighted by Crippen LogP contribution is 2.31. The van der Waals surface area contributed by atoms with Gasteiger partial charge in [0.2, 0.25) is 0 Å². The fourth-order valence-corrected chi connectivity index (χ4v) is 2.55. The average Bonchev–Trinajstić information content (AvgIpc) is 2.55. The Bertz CT molecular complexity index is 755. The quantitative estimate of drug-likeness (QED) is 0.811. The minimum atomic E-state index is -0.471. The number of methoxy groups -OCH3 is 1. The largest absolute Gasteiger partial charge is 0.465 e. The predicted molar refractivity (Wildman–Crippen MR) is 77.8 cm³/mol. The van der Waals surface area contributed by atoms with E-state index in [1.807, 2.05) is 12.1 Å². The Labute approximate surface area is 126 Å². The number of rotatable bonds is 3. The second-order valence-electron chi connectivity index (χ2n) is 4.05. The summed E-state index contributed by atoms with van der Waals surface area (Å²) in [7, 11) is 1.30. The number of nitriles is 2. The van der Waals surface area contributed by atoms with Crippen LogP contribution in [0.25, 0.3) is 0 Å². The molecule has 0 atom stereocenters. The number of carbonyl (C=O) groups excluding carboxylic acids is 1. The monoisotopic (exact) mass is 294 g/mol. The first kappa shape index (κ1) is 14.6. The third kappa shape index (κ3) is 3.42. The van der Waals surface area contributed by atoms with Gasteiger partial charge in [-0.2, -0.15) is 10.5 Å². The van der Waals surface area contributed by atoms with Crippen LogP contribution in [-0.2, 0) is 4.74 Å². The fraction of sp³-hybridized carbons (Fsp3) is 0.0625. The number of benzene rings is 2. The minimum Gasteiger partial charge on any atom is -0.465 e. The van der Waals surface area contributed by atoms with Crippen LogP contribution in [-0.4, -0.2) is 13.1 Å². The maximum Gasteiger partial charge on any atom is 0.337 e. The Hall–Kier alpha value is -2.76. The molecule has 0 aromatic heterocycles. The highest BCUT2D eigenvalue weighted by atomic mass is 32.2. The van der Waals surface area contributed by atoms with Gasteiger partial charge in [0.25, 0.3) is 0 Å². The zero-order valence-electron chi connectivity index (χ0n) is 11.2. The third-order valence-electron chi connectivity index (χ3n) is 2.73. The molecule has 2 aromatic carbocycles. The molecule has 0 unspecified atom stereocenters. The summed E-state index contributed by atoms with van der Waals surface area (Å²) in [6.45, 7) is 0. The molecule has 0 aliphatic rings. The van der Waals surface area contributed by atoms with Crippen LogP contribution < -0.4 is 0 Å². The van der Waals surface area contributed by atoms with E-state index >= 15 is 0 Å². The van der Waals surface area contributed by atoms with Gasteiger partial charge >= 0.3 is 5.97 Å². The van der Waals surface area contributed by atoms with E-state index in [2.05, 4.69) is 16.9 Å². The molecular formula is C16H10N2O2S. The van der Waals surface area contributed by atoms with E-state index in [9.17, 15) is 10.1 Å². The van der Waals surface area contributed by atoms with Gasteiger partial charge in [-0.25, -0.2) is 4.79 Å². The molecule has 0 saturated carbocycles. The summed E-state index contributed by atoms with van der Waals surface area (Å²) in [5.41, 5.74) is 1.34. The Morgan fingerprint density at radius 1 is 1.10 bits per heavy atom. The van der Waals surface area contributed by atoms with Crippen LogP contribution in [0.3, 0.4) is 0 Å². The molecule has 0 heterocycles. The fourth-order valence-electron chi connectivity index (χ4n) is 1.68. The Balaban J connectivity index is 2.29. The van der Waals surface area contributed by atoms with E-state index in [0.717, 1.165) is 9.79 Å². The first-order valence-corrected chi connectivity index (χ1v) is 6.80. The van der Waals surface area contributed by atoms with Gasteiger partial charge in [0.05, 0.1) is 29.9 Å². The van der Waals surface area contributed by atoms with Gasteiger partial charge in [-0.3, -0.25) is 0 Å². The standard InChI is InChI=1S/C16H10N2O2S/c1-20-16(19)12-4-7-15(13(8-12)10-18)21-14-5-2-11(9-17)3-6-14/h2-8H,1H3. The highest BCUT2D eigenvalue weighted by molar-refractivity contribution is 7.99. The van der Waals surface area contributed by atoms with Crippen LogP contribution in [0.2, 0.25) is 0 Å². The number of carbonyl (C=O) groups is 1. The molecular weight excluding hydrogens is 284 g/mol. The van der Waals surface area contributed by atoms with Crippen LogP contribution in [0.4, 0.5) is 0 Å². The molecule has 4 nitrogen and oxygen atoms in total. The van der Waals surface area contributed by atoms with Crippen LogP contribution >= 0.6 is 11.8 Å². The molecule has 0 saturated heterocycles. The lowest BCUT2D eigenvalue weighted by atomic mass is 10.1. The zero-order valence-corrected chi connectivity index (χ0v) is 12.0. The molecule has 21 heavy (non-hydrogen) atoms. The van der Waals surface area contributed by atoms with Gasteiger partial charge in [-0.1, -0.05) is 11.8 Å². The van der Waals surface area contributed by atoms with E-state index in [1.165, 1.54) is 24.9 Å². The number of hydrogen-bond donors (Lipinski definition) is 0. The van der Waals surface area contributed by atoms with Crippen molar-refractivity contribution in [2.24, 2.45) is 0 Å². The summed E-state index contributed by atoms with van der Waals surface area (Å²) in [6, 6.07) is 16.1. The van der Waals surface area contributed by atoms with E-state index in [1.54, 1.807) is 24.3 Å². The predicted octanol–water partition coefficient (Wildman–Crippen LogP) is 3.37. The first-order valence-electron chi connectivity index (χ1n) is 5.98. The molecule has 0 aliphatic carbocycles. The second kappa shape index (κ2) is 6.60. The smallest absolute Gasteiger partial charge is 0.337 e. The van der Waals surface area contributed by atoms with Crippen LogP contribution in [0.15, 0.2) is 52.3 Å². The van der Waals surface area contributed by atoms with E-state index in [0.29, 0.717) is 16.7 Å². The van der Waals surface area contributed by atoms with Crippen molar-refractivity contribution in [3.63, 3.8) is 0 Å². The summed E-state index contributed by atoms with van der Waals surface area (Å²) in [5, 5.41) is 18.0. The van der Waals surface area contributed by atoms with Crippen LogP contribution in [0.5, 0.6) is 0 Å². The van der Waals surface area contributed by atoms with Crippen molar-refractivity contribution < 1.29 is 9.53 Å². The van der Waals surface area contributed by atoms with Crippen molar-refractivity contribution in [1.82, 2.24) is 0 Å². The molecule has 2 rings (SSSR count). The SMILES string of the molecule is COC(=O)c1ccc(Sc2ccc(C#N)cc2)c(C#N)c1. The zero-order chi connectivity index (χ0) is 15.2. The molecule has 102 valence electrons. The molecule has 0 aliphatic heterocycles. The molecule has 0 radical (unpaired) electrons. The summed E-state index contributed by atoms with van der Waals surface area (Å²) < 4.78 is 4.63. The second-order valence-corrected chi connectivity index (χ2v) is 5.17. The van der Waals surface area contributed by atoms with Crippen molar-refractivity contribution in [1.29, 1.82) is 10.5 Å². The molecule has 0 spiro atoms. The van der Waals surface area contributed by atoms with Crippen LogP contribution in [0.1, 0.15) is 21.5 Å². The van der Waals surface area contributed by atoms with Crippen molar-refractivity contribution >= 4 is 17.7 Å². The topological polar surface area (TPSA) is 73.9 Å². The number of ether oxygens (including phenoxy) is 1. The van der Waals surface area contributed by atoms with Gasteiger partial charge in [0.1, 0.15) is 6.07 Å². The van der Waals surface area contributed by atoms with Gasteiger partial charge in [-0.15, -0.1) is 0 Å². The minimum absolute atomic E-state index is 0.346. The molecule has 0 fully saturated rings. The molecule has 0 N–H and O–H groups in total. The average molecular weight is 294 g/mol. The summed E-state index contributed by atoms with van der Waals surface area (Å²) in [6.07, 6.45) is 0. The van der Waals surface area contributed by atoms with Crippen LogP contribution in [0, 0.1) is 22.7 Å². The lowest BCUT2D eigenvalue weighted by Gasteiger charge is -2.06. The summed E-state index contributed by atoms with van der Waals surface area (Å²) in [5.74, 6) is -0.471. The number of esters is 1. The van der Waals surface area contributed by atoms with Crippen molar-refractivity contribution in [2.45, 2.75) is 9.79 Å². The Morgan fingerprint density at radius 3 is 2.38 bits per heavy atom. The van der Waals surface area contributed by atoms with E-state index in [-0.39, 0.29) is 0 Å². The molecule has 0 bridgehead atoms.